The third-order valence-electron chi connectivity index (χ3n) is 9.27. The minimum atomic E-state index is -2.86. The van der Waals surface area contributed by atoms with Crippen molar-refractivity contribution in [2.24, 2.45) is 0 Å². The summed E-state index contributed by atoms with van der Waals surface area (Å²) in [6.07, 6.45) is 3.83. The fraction of sp³-hybridized carbons (Fsp3) is 0.150. The third kappa shape index (κ3) is 5.01. The smallest absolute Gasteiger partial charge is 0.221 e. The van der Waals surface area contributed by atoms with E-state index in [1.54, 1.807) is 0 Å². The van der Waals surface area contributed by atoms with Crippen LogP contribution in [-0.4, -0.2) is 31.8 Å². The summed E-state index contributed by atoms with van der Waals surface area (Å²) < 4.78 is 6.60. The first-order valence-electron chi connectivity index (χ1n) is 16.0. The first-order chi connectivity index (χ1) is 22.8. The van der Waals surface area contributed by atoms with E-state index in [9.17, 15) is 0 Å². The van der Waals surface area contributed by atoms with Crippen LogP contribution in [-0.2, 0) is 5.41 Å². The van der Waals surface area contributed by atoms with Gasteiger partial charge >= 0.3 is 0 Å². The molecule has 0 aliphatic carbocycles. The van der Waals surface area contributed by atoms with Gasteiger partial charge in [0.05, 0.1) is 18.0 Å². The molecule has 0 atom stereocenters. The predicted molar refractivity (Wildman–Crippen MR) is 197 cm³/mol. The van der Waals surface area contributed by atoms with Crippen LogP contribution in [0.5, 0.6) is 11.6 Å². The lowest BCUT2D eigenvalue weighted by Crippen LogP contribution is -2.77. The Kier molecular flexibility index (Phi) is 7.19. The molecular weight excluding hydrogens is 613 g/mol. The molecule has 232 valence electrons. The molecule has 0 unspecified atom stereocenters. The average Bonchev–Trinajstić information content (AvgIpc) is 3.43. The summed E-state index contributed by atoms with van der Waals surface area (Å²) in [5.41, 5.74) is 4.71. The maximum absolute atomic E-state index is 6.60. The Balaban J connectivity index is 1.26. The summed E-state index contributed by atoms with van der Waals surface area (Å²) in [6.45, 7) is 7.58. The summed E-state index contributed by atoms with van der Waals surface area (Å²) in [5.74, 6) is 1.33. The van der Waals surface area contributed by atoms with Crippen molar-refractivity contribution < 1.29 is 4.74 Å². The van der Waals surface area contributed by atoms with Crippen molar-refractivity contribution in [1.29, 1.82) is 0 Å². The molecule has 2 aromatic heterocycles. The standard InChI is InChI=1S/C40H36N4OSSi/c1-40(2,3)28-20-22-42-39(24-28)47(36-18-9-7-16-34(36)46-35-17-8-10-19-37(35)47)31-13-11-12-30(26-31)45-38-25-29(21-23-41-38)44-27-43(4)32-14-5-6-15-33(32)44/h5-26H,27H2,1-4H3. The van der Waals surface area contributed by atoms with Gasteiger partial charge in [-0.25, -0.2) is 4.98 Å². The van der Waals surface area contributed by atoms with Gasteiger partial charge in [0.1, 0.15) is 5.75 Å². The lowest BCUT2D eigenvalue weighted by molar-refractivity contribution is 0.463. The largest absolute Gasteiger partial charge is 0.439 e. The number of ether oxygens (including phenoxy) is 1. The van der Waals surface area contributed by atoms with E-state index in [-0.39, 0.29) is 5.41 Å². The van der Waals surface area contributed by atoms with E-state index in [0.29, 0.717) is 5.88 Å². The van der Waals surface area contributed by atoms with Crippen LogP contribution in [0.3, 0.4) is 0 Å². The SMILES string of the molecule is CN1CN(c2ccnc(Oc3cccc([Si]4(c5cc(C(C)(C)C)ccn5)c5ccccc5Sc5ccccc54)c3)c2)c2ccccc21. The minimum Gasteiger partial charge on any atom is -0.439 e. The number of pyridine rings is 2. The Morgan fingerprint density at radius 2 is 1.38 bits per heavy atom. The van der Waals surface area contributed by atoms with Gasteiger partial charge in [0, 0.05) is 46.3 Å². The highest BCUT2D eigenvalue weighted by molar-refractivity contribution is 8.00. The molecule has 8 rings (SSSR count). The van der Waals surface area contributed by atoms with Crippen molar-refractivity contribution in [2.75, 3.05) is 23.5 Å². The monoisotopic (exact) mass is 648 g/mol. The zero-order valence-corrected chi connectivity index (χ0v) is 28.8. The number of hydrogen-bond donors (Lipinski definition) is 0. The lowest BCUT2D eigenvalue weighted by atomic mass is 9.88. The number of para-hydroxylation sites is 2. The van der Waals surface area contributed by atoms with Crippen molar-refractivity contribution in [3.8, 4) is 11.6 Å². The van der Waals surface area contributed by atoms with E-state index in [4.69, 9.17) is 9.72 Å². The van der Waals surface area contributed by atoms with Gasteiger partial charge in [-0.05, 0) is 81.1 Å². The van der Waals surface area contributed by atoms with Gasteiger partial charge in [-0.1, -0.05) is 93.2 Å². The Hall–Kier alpha value is -4.85. The zero-order chi connectivity index (χ0) is 32.2. The first kappa shape index (κ1) is 29.5. The lowest BCUT2D eigenvalue weighted by Gasteiger charge is -2.39. The second kappa shape index (κ2) is 11.4. The predicted octanol–water partition coefficient (Wildman–Crippen LogP) is 6.95. The van der Waals surface area contributed by atoms with Crippen molar-refractivity contribution in [3.63, 3.8) is 0 Å². The number of aromatic nitrogens is 2. The van der Waals surface area contributed by atoms with E-state index in [1.807, 2.05) is 42.4 Å². The average molecular weight is 649 g/mol. The molecule has 0 spiro atoms. The number of hydrogen-bond acceptors (Lipinski definition) is 6. The second-order valence-electron chi connectivity index (χ2n) is 13.3. The molecular formula is C40H36N4OSSi. The minimum absolute atomic E-state index is 0.0119. The molecule has 2 aliphatic heterocycles. The highest BCUT2D eigenvalue weighted by Crippen LogP contribution is 2.40. The molecule has 47 heavy (non-hydrogen) atoms. The molecule has 0 fully saturated rings. The molecule has 0 saturated heterocycles. The number of rotatable bonds is 5. The number of nitrogens with zero attached hydrogens (tertiary/aromatic N) is 4. The van der Waals surface area contributed by atoms with Gasteiger partial charge in [-0.2, -0.15) is 0 Å². The molecule has 7 heteroatoms. The molecule has 0 amide bonds. The van der Waals surface area contributed by atoms with Crippen LogP contribution < -0.4 is 35.4 Å². The molecule has 4 aromatic carbocycles. The van der Waals surface area contributed by atoms with E-state index < -0.39 is 8.07 Å². The molecule has 0 bridgehead atoms. The Bertz CT molecular complexity index is 2080. The summed E-state index contributed by atoms with van der Waals surface area (Å²) >= 11 is 1.86. The van der Waals surface area contributed by atoms with E-state index in [0.717, 1.165) is 23.4 Å². The number of benzene rings is 4. The third-order valence-corrected chi connectivity index (χ3v) is 15.5. The molecule has 0 radical (unpaired) electrons. The Morgan fingerprint density at radius 1 is 0.702 bits per heavy atom. The van der Waals surface area contributed by atoms with Crippen LogP contribution in [0.1, 0.15) is 26.3 Å². The summed E-state index contributed by atoms with van der Waals surface area (Å²) in [5, 5.41) is 5.09. The van der Waals surface area contributed by atoms with E-state index >= 15 is 0 Å². The van der Waals surface area contributed by atoms with Crippen molar-refractivity contribution in [3.05, 3.63) is 139 Å². The molecule has 5 nitrogen and oxygen atoms in total. The van der Waals surface area contributed by atoms with Crippen molar-refractivity contribution in [1.82, 2.24) is 9.97 Å². The molecule has 6 aromatic rings. The molecule has 4 heterocycles. The van der Waals surface area contributed by atoms with Gasteiger partial charge in [0.25, 0.3) is 0 Å². The van der Waals surface area contributed by atoms with Crippen LogP contribution in [0.25, 0.3) is 0 Å². The fourth-order valence-electron chi connectivity index (χ4n) is 6.97. The van der Waals surface area contributed by atoms with E-state index in [2.05, 4.69) is 146 Å². The van der Waals surface area contributed by atoms with Gasteiger partial charge < -0.3 is 14.5 Å². The van der Waals surface area contributed by atoms with Gasteiger partial charge in [-0.3, -0.25) is 4.98 Å². The quantitative estimate of drug-likeness (QED) is 0.188. The molecule has 2 aliphatic rings. The summed E-state index contributed by atoms with van der Waals surface area (Å²) in [7, 11) is -0.741. The Labute approximate surface area is 281 Å². The van der Waals surface area contributed by atoms with Gasteiger partial charge in [-0.15, -0.1) is 0 Å². The topological polar surface area (TPSA) is 41.5 Å². The van der Waals surface area contributed by atoms with Crippen LogP contribution in [0.15, 0.2) is 144 Å². The number of anilines is 3. The van der Waals surface area contributed by atoms with Crippen LogP contribution in [0, 0.1) is 0 Å². The second-order valence-corrected chi connectivity index (χ2v) is 18.0. The number of fused-ring (bicyclic) bond motifs is 3. The highest BCUT2D eigenvalue weighted by atomic mass is 32.2. The fourth-order valence-corrected chi connectivity index (χ4v) is 13.8. The summed E-state index contributed by atoms with van der Waals surface area (Å²) in [6, 6.07) is 43.5. The highest BCUT2D eigenvalue weighted by Gasteiger charge is 2.48. The van der Waals surface area contributed by atoms with Crippen LogP contribution >= 0.6 is 11.8 Å². The van der Waals surface area contributed by atoms with Crippen LogP contribution in [0.4, 0.5) is 17.1 Å². The Morgan fingerprint density at radius 3 is 2.13 bits per heavy atom. The summed E-state index contributed by atoms with van der Waals surface area (Å²) in [4.78, 5) is 17.0. The molecule has 0 N–H and O–H groups in total. The van der Waals surface area contributed by atoms with Gasteiger partial charge in [0.2, 0.25) is 14.0 Å². The normalized spacial score (nSPS) is 14.7. The van der Waals surface area contributed by atoms with Gasteiger partial charge in [0.15, 0.2) is 0 Å². The first-order valence-corrected chi connectivity index (χ1v) is 18.8. The maximum atomic E-state index is 6.60. The maximum Gasteiger partial charge on any atom is 0.221 e. The van der Waals surface area contributed by atoms with Crippen molar-refractivity contribution in [2.45, 2.75) is 36.0 Å². The van der Waals surface area contributed by atoms with Crippen LogP contribution in [0.2, 0.25) is 0 Å². The van der Waals surface area contributed by atoms with E-state index in [1.165, 1.54) is 42.3 Å². The van der Waals surface area contributed by atoms with Crippen molar-refractivity contribution >= 4 is 57.8 Å². The zero-order valence-electron chi connectivity index (χ0n) is 27.0. The molecule has 0 saturated carbocycles.